The molecule has 0 aliphatic carbocycles. The van der Waals surface area contributed by atoms with Gasteiger partial charge in [-0.1, -0.05) is 18.5 Å². The van der Waals surface area contributed by atoms with Gasteiger partial charge in [-0.2, -0.15) is 5.10 Å². The fourth-order valence-corrected chi connectivity index (χ4v) is 4.25. The molecule has 1 aliphatic heterocycles. The van der Waals surface area contributed by atoms with Crippen molar-refractivity contribution in [1.82, 2.24) is 14.3 Å². The lowest BCUT2D eigenvalue weighted by atomic mass is 10.1. The first-order valence-electron chi connectivity index (χ1n) is 9.90. The number of ether oxygens (including phenoxy) is 1. The van der Waals surface area contributed by atoms with Crippen molar-refractivity contribution >= 4 is 33.4 Å². The fraction of sp³-hybridized carbons (Fsp3) is 0.476. The van der Waals surface area contributed by atoms with Crippen LogP contribution in [0.25, 0.3) is 21.8 Å². The minimum atomic E-state index is -0.176. The molecule has 0 saturated carbocycles. The molecule has 4 rings (SSSR count). The highest BCUT2D eigenvalue weighted by Gasteiger charge is 2.25. The zero-order valence-electron chi connectivity index (χ0n) is 15.9. The number of benzene rings is 1. The molecule has 149 valence electrons. The maximum atomic E-state index is 13.4. The van der Waals surface area contributed by atoms with Gasteiger partial charge < -0.3 is 14.4 Å². The van der Waals surface area contributed by atoms with E-state index in [0.29, 0.717) is 48.3 Å². The van der Waals surface area contributed by atoms with Crippen molar-refractivity contribution < 1.29 is 9.84 Å². The quantitative estimate of drug-likeness (QED) is 0.679. The molecule has 0 bridgehead atoms. The number of nitrogens with zero attached hydrogens (tertiary/aromatic N) is 3. The lowest BCUT2D eigenvalue weighted by molar-refractivity contribution is -0.0407. The van der Waals surface area contributed by atoms with E-state index in [9.17, 15) is 9.90 Å². The molecule has 1 aliphatic rings. The SMILES string of the molecule is [CH2]CCn1c(=O)c2c(CCCO)n(C3CCCCO3)nc2c2cc(Cl)ccc21. The van der Waals surface area contributed by atoms with E-state index in [0.717, 1.165) is 35.9 Å². The Bertz CT molecular complexity index is 1050. The number of hydrogen-bond donors (Lipinski definition) is 1. The third kappa shape index (κ3) is 3.34. The summed E-state index contributed by atoms with van der Waals surface area (Å²) in [6, 6.07) is 5.54. The van der Waals surface area contributed by atoms with Crippen LogP contribution in [0.4, 0.5) is 0 Å². The molecule has 1 saturated heterocycles. The minimum Gasteiger partial charge on any atom is -0.396 e. The van der Waals surface area contributed by atoms with Crippen molar-refractivity contribution in [3.05, 3.63) is 46.2 Å². The van der Waals surface area contributed by atoms with Crippen LogP contribution in [0, 0.1) is 6.92 Å². The molecule has 1 aromatic carbocycles. The van der Waals surface area contributed by atoms with Gasteiger partial charge in [0.25, 0.3) is 5.56 Å². The summed E-state index contributed by atoms with van der Waals surface area (Å²) in [6.07, 6.45) is 4.54. The lowest BCUT2D eigenvalue weighted by Crippen LogP contribution is -2.23. The third-order valence-corrected chi connectivity index (χ3v) is 5.59. The summed E-state index contributed by atoms with van der Waals surface area (Å²) >= 11 is 6.28. The van der Waals surface area contributed by atoms with Crippen molar-refractivity contribution in [1.29, 1.82) is 0 Å². The normalized spacial score (nSPS) is 17.6. The van der Waals surface area contributed by atoms with Crippen LogP contribution in [0.3, 0.4) is 0 Å². The van der Waals surface area contributed by atoms with Crippen LogP contribution < -0.4 is 5.56 Å². The second-order valence-corrected chi connectivity index (χ2v) is 7.67. The second kappa shape index (κ2) is 8.23. The van der Waals surface area contributed by atoms with Crippen LogP contribution in [0.2, 0.25) is 5.02 Å². The monoisotopic (exact) mass is 402 g/mol. The molecule has 1 radical (unpaired) electrons. The fourth-order valence-electron chi connectivity index (χ4n) is 4.08. The number of halogens is 1. The van der Waals surface area contributed by atoms with Crippen LogP contribution in [0.5, 0.6) is 0 Å². The molecule has 3 aromatic rings. The number of aliphatic hydroxyl groups excluding tert-OH is 1. The summed E-state index contributed by atoms with van der Waals surface area (Å²) in [5, 5.41) is 16.3. The van der Waals surface area contributed by atoms with E-state index in [-0.39, 0.29) is 18.4 Å². The summed E-state index contributed by atoms with van der Waals surface area (Å²) in [6.45, 7) is 5.20. The summed E-state index contributed by atoms with van der Waals surface area (Å²) in [7, 11) is 0. The molecule has 1 N–H and O–H groups in total. The Morgan fingerprint density at radius 1 is 1.36 bits per heavy atom. The molecule has 6 nitrogen and oxygen atoms in total. The van der Waals surface area contributed by atoms with Crippen molar-refractivity contribution in [2.45, 2.75) is 51.3 Å². The molecule has 2 aromatic heterocycles. The van der Waals surface area contributed by atoms with Gasteiger partial charge in [0.2, 0.25) is 0 Å². The highest BCUT2D eigenvalue weighted by atomic mass is 35.5. The van der Waals surface area contributed by atoms with Gasteiger partial charge in [0, 0.05) is 30.2 Å². The van der Waals surface area contributed by atoms with Gasteiger partial charge in [0.1, 0.15) is 5.52 Å². The average Bonchev–Trinajstić information content (AvgIpc) is 3.10. The van der Waals surface area contributed by atoms with E-state index in [4.69, 9.17) is 21.4 Å². The van der Waals surface area contributed by atoms with Crippen LogP contribution >= 0.6 is 11.6 Å². The Morgan fingerprint density at radius 2 is 2.21 bits per heavy atom. The number of aliphatic hydroxyl groups is 1. The summed E-state index contributed by atoms with van der Waals surface area (Å²) in [4.78, 5) is 13.4. The van der Waals surface area contributed by atoms with Crippen LogP contribution in [-0.4, -0.2) is 32.7 Å². The zero-order valence-corrected chi connectivity index (χ0v) is 16.6. The minimum absolute atomic E-state index is 0.0602. The number of fused-ring (bicyclic) bond motifs is 3. The first kappa shape index (κ1) is 19.4. The van der Waals surface area contributed by atoms with Gasteiger partial charge in [-0.3, -0.25) is 4.79 Å². The maximum Gasteiger partial charge on any atom is 0.262 e. The highest BCUT2D eigenvalue weighted by Crippen LogP contribution is 2.31. The molecular weight excluding hydrogens is 378 g/mol. The number of pyridine rings is 1. The third-order valence-electron chi connectivity index (χ3n) is 5.36. The van der Waals surface area contributed by atoms with E-state index < -0.39 is 0 Å². The smallest absolute Gasteiger partial charge is 0.262 e. The molecule has 28 heavy (non-hydrogen) atoms. The lowest BCUT2D eigenvalue weighted by Gasteiger charge is -2.24. The van der Waals surface area contributed by atoms with Gasteiger partial charge >= 0.3 is 0 Å². The van der Waals surface area contributed by atoms with Gasteiger partial charge in [0.05, 0.1) is 16.6 Å². The molecule has 7 heteroatoms. The second-order valence-electron chi connectivity index (χ2n) is 7.24. The van der Waals surface area contributed by atoms with Crippen LogP contribution in [0.1, 0.15) is 44.0 Å². The number of hydrogen-bond acceptors (Lipinski definition) is 4. The molecule has 1 fully saturated rings. The summed E-state index contributed by atoms with van der Waals surface area (Å²) in [5.74, 6) is 0. The summed E-state index contributed by atoms with van der Waals surface area (Å²) in [5.41, 5.74) is 2.24. The predicted octanol–water partition coefficient (Wildman–Crippen LogP) is 3.85. The Kier molecular flexibility index (Phi) is 5.71. The molecule has 3 heterocycles. The Hall–Kier alpha value is -1.89. The van der Waals surface area contributed by atoms with Gasteiger partial charge in [-0.15, -0.1) is 0 Å². The summed E-state index contributed by atoms with van der Waals surface area (Å²) < 4.78 is 9.59. The molecule has 1 atom stereocenters. The predicted molar refractivity (Wildman–Crippen MR) is 111 cm³/mol. The molecular formula is C21H25ClN3O3. The molecule has 1 unspecified atom stereocenters. The van der Waals surface area contributed by atoms with E-state index in [1.807, 2.05) is 16.8 Å². The largest absolute Gasteiger partial charge is 0.396 e. The van der Waals surface area contributed by atoms with Gasteiger partial charge in [0.15, 0.2) is 6.23 Å². The topological polar surface area (TPSA) is 69.3 Å². The first-order valence-corrected chi connectivity index (χ1v) is 10.3. The van der Waals surface area contributed by atoms with Crippen molar-refractivity contribution in [2.24, 2.45) is 0 Å². The van der Waals surface area contributed by atoms with E-state index in [1.54, 1.807) is 10.6 Å². The van der Waals surface area contributed by atoms with E-state index in [2.05, 4.69) is 6.92 Å². The van der Waals surface area contributed by atoms with Crippen molar-refractivity contribution in [3.8, 4) is 0 Å². The molecule has 0 amide bonds. The average molecular weight is 403 g/mol. The maximum absolute atomic E-state index is 13.4. The van der Waals surface area contributed by atoms with Gasteiger partial charge in [-0.25, -0.2) is 4.68 Å². The van der Waals surface area contributed by atoms with Crippen LogP contribution in [0.15, 0.2) is 23.0 Å². The van der Waals surface area contributed by atoms with Crippen molar-refractivity contribution in [3.63, 3.8) is 0 Å². The van der Waals surface area contributed by atoms with Crippen LogP contribution in [-0.2, 0) is 17.7 Å². The Labute approximate surface area is 168 Å². The molecule has 0 spiro atoms. The Morgan fingerprint density at radius 3 is 2.93 bits per heavy atom. The zero-order chi connectivity index (χ0) is 19.7. The highest BCUT2D eigenvalue weighted by molar-refractivity contribution is 6.31. The van der Waals surface area contributed by atoms with Crippen molar-refractivity contribution in [2.75, 3.05) is 13.2 Å². The standard InChI is InChI=1S/C21H25ClN3O3/c1-2-10-24-16-9-8-14(22)13-15(16)20-19(21(24)27)17(6-5-11-26)25(23-20)18-7-3-4-12-28-18/h8-9,13,18,26H,1-7,10-12H2. The van der Waals surface area contributed by atoms with E-state index >= 15 is 0 Å². The van der Waals surface area contributed by atoms with E-state index in [1.165, 1.54) is 0 Å². The number of aromatic nitrogens is 3. The van der Waals surface area contributed by atoms with Gasteiger partial charge in [-0.05, 0) is 56.7 Å². The Balaban J connectivity index is 2.05. The number of rotatable bonds is 6. The number of aryl methyl sites for hydroxylation is 2. The first-order chi connectivity index (χ1) is 13.7.